The number of rotatable bonds is 7. The second kappa shape index (κ2) is 7.34. The van der Waals surface area contributed by atoms with Gasteiger partial charge in [-0.2, -0.15) is 0 Å². The van der Waals surface area contributed by atoms with Crippen LogP contribution >= 0.6 is 0 Å². The lowest BCUT2D eigenvalue weighted by molar-refractivity contribution is -0.00850. The molecule has 102 valence electrons. The fourth-order valence-electron chi connectivity index (χ4n) is 2.64. The van der Waals surface area contributed by atoms with Crippen molar-refractivity contribution in [2.45, 2.75) is 51.0 Å². The lowest BCUT2D eigenvalue weighted by atomic mass is 9.78. The zero-order chi connectivity index (χ0) is 12.7. The summed E-state index contributed by atoms with van der Waals surface area (Å²) in [5, 5.41) is 13.8. The van der Waals surface area contributed by atoms with Crippen LogP contribution in [0.4, 0.5) is 0 Å². The van der Waals surface area contributed by atoms with E-state index in [-0.39, 0.29) is 0 Å². The summed E-state index contributed by atoms with van der Waals surface area (Å²) in [7, 11) is 4.19. The van der Waals surface area contributed by atoms with E-state index in [1.807, 2.05) is 0 Å². The maximum absolute atomic E-state index is 10.4. The lowest BCUT2D eigenvalue weighted by Gasteiger charge is -2.36. The van der Waals surface area contributed by atoms with Crippen molar-refractivity contribution in [3.8, 4) is 0 Å². The quantitative estimate of drug-likeness (QED) is 0.669. The van der Waals surface area contributed by atoms with E-state index < -0.39 is 5.60 Å². The van der Waals surface area contributed by atoms with Gasteiger partial charge in [0.15, 0.2) is 0 Å². The monoisotopic (exact) mass is 242 g/mol. The molecule has 0 heterocycles. The predicted octanol–water partition coefficient (Wildman–Crippen LogP) is 1.86. The Morgan fingerprint density at radius 2 is 1.94 bits per heavy atom. The molecule has 2 N–H and O–H groups in total. The molecule has 1 fully saturated rings. The molecular weight excluding hydrogens is 212 g/mol. The van der Waals surface area contributed by atoms with Crippen LogP contribution in [0.25, 0.3) is 0 Å². The molecule has 0 saturated heterocycles. The molecule has 0 bridgehead atoms. The van der Waals surface area contributed by atoms with Gasteiger partial charge in [-0.05, 0) is 65.2 Å². The zero-order valence-electron chi connectivity index (χ0n) is 11.8. The third-order valence-electron chi connectivity index (χ3n) is 4.03. The number of nitrogens with zero attached hydrogens (tertiary/aromatic N) is 1. The van der Waals surface area contributed by atoms with Gasteiger partial charge in [-0.15, -0.1) is 0 Å². The van der Waals surface area contributed by atoms with E-state index in [1.54, 1.807) is 0 Å². The number of hydrogen-bond acceptors (Lipinski definition) is 3. The molecule has 0 radical (unpaired) electrons. The van der Waals surface area contributed by atoms with Crippen LogP contribution in [0.2, 0.25) is 0 Å². The molecule has 1 aliphatic carbocycles. The van der Waals surface area contributed by atoms with Crippen LogP contribution in [0.5, 0.6) is 0 Å². The SMILES string of the molecule is CCC1CCC(O)(CNCCCN(C)C)CC1. The van der Waals surface area contributed by atoms with E-state index >= 15 is 0 Å². The second-order valence-electron chi connectivity index (χ2n) is 5.91. The van der Waals surface area contributed by atoms with Gasteiger partial charge in [0.05, 0.1) is 5.60 Å². The van der Waals surface area contributed by atoms with Gasteiger partial charge >= 0.3 is 0 Å². The first kappa shape index (κ1) is 14.9. The minimum Gasteiger partial charge on any atom is -0.389 e. The number of aliphatic hydroxyl groups is 1. The Morgan fingerprint density at radius 1 is 1.29 bits per heavy atom. The molecule has 0 aliphatic heterocycles. The summed E-state index contributed by atoms with van der Waals surface area (Å²) in [6, 6.07) is 0. The normalized spacial score (nSPS) is 29.8. The summed E-state index contributed by atoms with van der Waals surface area (Å²) in [5.41, 5.74) is -0.427. The Kier molecular flexibility index (Phi) is 6.45. The topological polar surface area (TPSA) is 35.5 Å². The summed E-state index contributed by atoms with van der Waals surface area (Å²) in [6.07, 6.45) is 6.78. The Labute approximate surface area is 107 Å². The van der Waals surface area contributed by atoms with Crippen molar-refractivity contribution in [2.75, 3.05) is 33.7 Å². The van der Waals surface area contributed by atoms with Gasteiger partial charge in [0.25, 0.3) is 0 Å². The first-order valence-corrected chi connectivity index (χ1v) is 7.13. The predicted molar refractivity (Wildman–Crippen MR) is 73.2 cm³/mol. The van der Waals surface area contributed by atoms with E-state index in [0.29, 0.717) is 0 Å². The van der Waals surface area contributed by atoms with Gasteiger partial charge in [-0.1, -0.05) is 13.3 Å². The van der Waals surface area contributed by atoms with E-state index in [2.05, 4.69) is 31.2 Å². The van der Waals surface area contributed by atoms with Gasteiger partial charge in [0.1, 0.15) is 0 Å². The first-order valence-electron chi connectivity index (χ1n) is 7.13. The summed E-state index contributed by atoms with van der Waals surface area (Å²) in [6.45, 7) is 5.16. The average molecular weight is 242 g/mol. The lowest BCUT2D eigenvalue weighted by Crippen LogP contribution is -2.44. The van der Waals surface area contributed by atoms with Gasteiger partial charge in [0, 0.05) is 6.54 Å². The van der Waals surface area contributed by atoms with Crippen LogP contribution in [0.1, 0.15) is 45.4 Å². The van der Waals surface area contributed by atoms with E-state index in [1.165, 1.54) is 19.3 Å². The molecule has 17 heavy (non-hydrogen) atoms. The van der Waals surface area contributed by atoms with Gasteiger partial charge in [-0.25, -0.2) is 0 Å². The Hall–Kier alpha value is -0.120. The van der Waals surface area contributed by atoms with Crippen molar-refractivity contribution in [3.05, 3.63) is 0 Å². The Balaban J connectivity index is 2.10. The molecule has 0 amide bonds. The van der Waals surface area contributed by atoms with Crippen molar-refractivity contribution in [2.24, 2.45) is 5.92 Å². The van der Waals surface area contributed by atoms with Crippen LogP contribution in [0.3, 0.4) is 0 Å². The highest BCUT2D eigenvalue weighted by atomic mass is 16.3. The van der Waals surface area contributed by atoms with Crippen molar-refractivity contribution in [3.63, 3.8) is 0 Å². The van der Waals surface area contributed by atoms with Crippen LogP contribution < -0.4 is 5.32 Å². The molecule has 3 heteroatoms. The highest BCUT2D eigenvalue weighted by Gasteiger charge is 2.31. The molecule has 1 aliphatic rings. The number of nitrogens with one attached hydrogen (secondary N) is 1. The second-order valence-corrected chi connectivity index (χ2v) is 5.91. The third-order valence-corrected chi connectivity index (χ3v) is 4.03. The van der Waals surface area contributed by atoms with Crippen LogP contribution in [-0.4, -0.2) is 49.3 Å². The largest absolute Gasteiger partial charge is 0.389 e. The molecule has 1 saturated carbocycles. The third kappa shape index (κ3) is 5.84. The fourth-order valence-corrected chi connectivity index (χ4v) is 2.64. The molecule has 0 aromatic carbocycles. The smallest absolute Gasteiger partial charge is 0.0771 e. The Bertz CT molecular complexity index is 198. The summed E-state index contributed by atoms with van der Waals surface area (Å²) < 4.78 is 0. The van der Waals surface area contributed by atoms with Gasteiger partial charge in [-0.3, -0.25) is 0 Å². The van der Waals surface area contributed by atoms with E-state index in [9.17, 15) is 5.11 Å². The summed E-state index contributed by atoms with van der Waals surface area (Å²) in [5.74, 6) is 0.851. The maximum atomic E-state index is 10.4. The standard InChI is InChI=1S/C14H30N2O/c1-4-13-6-8-14(17,9-7-13)12-15-10-5-11-16(2)3/h13,15,17H,4-12H2,1-3H3. The molecule has 1 rings (SSSR count). The summed E-state index contributed by atoms with van der Waals surface area (Å²) >= 11 is 0. The van der Waals surface area contributed by atoms with Crippen LogP contribution in [-0.2, 0) is 0 Å². The van der Waals surface area contributed by atoms with Crippen molar-refractivity contribution >= 4 is 0 Å². The first-order chi connectivity index (χ1) is 8.06. The highest BCUT2D eigenvalue weighted by molar-refractivity contribution is 4.86. The highest BCUT2D eigenvalue weighted by Crippen LogP contribution is 2.33. The van der Waals surface area contributed by atoms with Crippen LogP contribution in [0, 0.1) is 5.92 Å². The molecular formula is C14H30N2O. The van der Waals surface area contributed by atoms with Crippen molar-refractivity contribution in [1.82, 2.24) is 10.2 Å². The molecule has 0 unspecified atom stereocenters. The molecule has 0 spiro atoms. The molecule has 0 aromatic heterocycles. The molecule has 0 aromatic rings. The van der Waals surface area contributed by atoms with Crippen molar-refractivity contribution in [1.29, 1.82) is 0 Å². The zero-order valence-corrected chi connectivity index (χ0v) is 11.8. The van der Waals surface area contributed by atoms with E-state index in [4.69, 9.17) is 0 Å². The molecule has 0 atom stereocenters. The fraction of sp³-hybridized carbons (Fsp3) is 1.00. The van der Waals surface area contributed by atoms with E-state index in [0.717, 1.165) is 44.8 Å². The number of hydrogen-bond donors (Lipinski definition) is 2. The average Bonchev–Trinajstić information content (AvgIpc) is 2.29. The van der Waals surface area contributed by atoms with Crippen LogP contribution in [0.15, 0.2) is 0 Å². The Morgan fingerprint density at radius 3 is 2.47 bits per heavy atom. The van der Waals surface area contributed by atoms with Crippen molar-refractivity contribution < 1.29 is 5.11 Å². The summed E-state index contributed by atoms with van der Waals surface area (Å²) in [4.78, 5) is 2.20. The minimum absolute atomic E-state index is 0.427. The van der Waals surface area contributed by atoms with Gasteiger partial charge in [0.2, 0.25) is 0 Å². The minimum atomic E-state index is -0.427. The van der Waals surface area contributed by atoms with Gasteiger partial charge < -0.3 is 15.3 Å². The molecule has 3 nitrogen and oxygen atoms in total. The maximum Gasteiger partial charge on any atom is 0.0771 e.